The van der Waals surface area contributed by atoms with Gasteiger partial charge in [-0.3, -0.25) is 9.78 Å². The molecule has 1 fully saturated rings. The summed E-state index contributed by atoms with van der Waals surface area (Å²) in [5.41, 5.74) is 1.16. The Labute approximate surface area is 193 Å². The number of carbonyl (C=O) groups is 1. The van der Waals surface area contributed by atoms with Gasteiger partial charge in [-0.25, -0.2) is 13.4 Å². The van der Waals surface area contributed by atoms with Crippen LogP contribution in [0.3, 0.4) is 0 Å². The lowest BCUT2D eigenvalue weighted by Gasteiger charge is -2.32. The Bertz CT molecular complexity index is 1220. The van der Waals surface area contributed by atoms with Crippen molar-refractivity contribution in [3.63, 3.8) is 0 Å². The van der Waals surface area contributed by atoms with Gasteiger partial charge < -0.3 is 10.1 Å². The van der Waals surface area contributed by atoms with Gasteiger partial charge in [-0.2, -0.15) is 4.31 Å². The van der Waals surface area contributed by atoms with Crippen LogP contribution in [0.25, 0.3) is 0 Å². The zero-order chi connectivity index (χ0) is 23.3. The van der Waals surface area contributed by atoms with E-state index < -0.39 is 15.9 Å². The van der Waals surface area contributed by atoms with E-state index in [-0.39, 0.29) is 22.3 Å². The quantitative estimate of drug-likeness (QED) is 0.567. The lowest BCUT2D eigenvalue weighted by molar-refractivity contribution is 0.102. The number of amides is 1. The fraction of sp³-hybridized carbons (Fsp3) is 0.292. The Morgan fingerprint density at radius 3 is 2.73 bits per heavy atom. The average Bonchev–Trinajstić information content (AvgIpc) is 2.84. The molecule has 1 aliphatic heterocycles. The average molecular weight is 467 g/mol. The van der Waals surface area contributed by atoms with Gasteiger partial charge in [0.1, 0.15) is 6.61 Å². The topological polar surface area (TPSA) is 101 Å². The number of sulfonamides is 1. The molecule has 33 heavy (non-hydrogen) atoms. The van der Waals surface area contributed by atoms with Crippen molar-refractivity contribution >= 4 is 21.7 Å². The number of anilines is 1. The van der Waals surface area contributed by atoms with Gasteiger partial charge >= 0.3 is 0 Å². The van der Waals surface area contributed by atoms with Gasteiger partial charge in [-0.1, -0.05) is 12.5 Å². The molecular formula is C24H26N4O4S. The zero-order valence-electron chi connectivity index (χ0n) is 18.3. The minimum Gasteiger partial charge on any atom is -0.485 e. The predicted molar refractivity (Wildman–Crippen MR) is 124 cm³/mol. The lowest BCUT2D eigenvalue weighted by Crippen LogP contribution is -2.41. The number of carbonyl (C=O) groups excluding carboxylic acids is 1. The summed E-state index contributed by atoms with van der Waals surface area (Å²) < 4.78 is 33.7. The van der Waals surface area contributed by atoms with Crippen molar-refractivity contribution in [3.05, 3.63) is 78.2 Å². The number of ether oxygens (including phenoxy) is 1. The van der Waals surface area contributed by atoms with Crippen molar-refractivity contribution in [2.24, 2.45) is 0 Å². The van der Waals surface area contributed by atoms with Gasteiger partial charge in [0.15, 0.2) is 11.6 Å². The van der Waals surface area contributed by atoms with Crippen LogP contribution in [0.4, 0.5) is 5.82 Å². The molecule has 0 radical (unpaired) electrons. The van der Waals surface area contributed by atoms with E-state index in [4.69, 9.17) is 4.74 Å². The predicted octanol–water partition coefficient (Wildman–Crippen LogP) is 3.87. The fourth-order valence-corrected chi connectivity index (χ4v) is 5.53. The number of hydrogen-bond donors (Lipinski definition) is 1. The third-order valence-corrected chi connectivity index (χ3v) is 7.60. The second-order valence-electron chi connectivity index (χ2n) is 7.94. The third-order valence-electron chi connectivity index (χ3n) is 5.59. The summed E-state index contributed by atoms with van der Waals surface area (Å²) in [6, 6.07) is 13.1. The van der Waals surface area contributed by atoms with Crippen LogP contribution in [0.1, 0.15) is 42.1 Å². The maximum absolute atomic E-state index is 13.2. The standard InChI is InChI=1S/C24H26N4O4S/c1-18-6-2-3-15-28(18)33(30,31)21-8-4-7-20(16-21)24(29)27-23-22(9-5-12-26-23)32-17-19-10-13-25-14-11-19/h4-5,7-14,16,18H,2-3,6,15,17H2,1H3,(H,26,27,29). The van der Waals surface area contributed by atoms with Gasteiger partial charge in [0.25, 0.3) is 5.91 Å². The van der Waals surface area contributed by atoms with Crippen LogP contribution in [-0.4, -0.2) is 41.2 Å². The summed E-state index contributed by atoms with van der Waals surface area (Å²) in [4.78, 5) is 21.2. The van der Waals surface area contributed by atoms with Crippen LogP contribution >= 0.6 is 0 Å². The first-order valence-electron chi connectivity index (χ1n) is 10.8. The number of rotatable bonds is 7. The maximum Gasteiger partial charge on any atom is 0.256 e. The smallest absolute Gasteiger partial charge is 0.256 e. The number of nitrogens with zero attached hydrogens (tertiary/aromatic N) is 3. The highest BCUT2D eigenvalue weighted by molar-refractivity contribution is 7.89. The third kappa shape index (κ3) is 5.37. The molecule has 8 nitrogen and oxygen atoms in total. The first-order chi connectivity index (χ1) is 15.9. The van der Waals surface area contributed by atoms with Gasteiger partial charge in [-0.05, 0) is 67.8 Å². The summed E-state index contributed by atoms with van der Waals surface area (Å²) >= 11 is 0. The van der Waals surface area contributed by atoms with E-state index in [0.717, 1.165) is 24.8 Å². The number of aromatic nitrogens is 2. The molecule has 0 saturated carbocycles. The molecule has 1 N–H and O–H groups in total. The van der Waals surface area contributed by atoms with Gasteiger partial charge in [-0.15, -0.1) is 0 Å². The maximum atomic E-state index is 13.2. The van der Waals surface area contributed by atoms with Gasteiger partial charge in [0, 0.05) is 36.7 Å². The molecule has 1 amide bonds. The number of piperidine rings is 1. The Morgan fingerprint density at radius 1 is 1.12 bits per heavy atom. The number of hydrogen-bond acceptors (Lipinski definition) is 6. The van der Waals surface area contributed by atoms with E-state index >= 15 is 0 Å². The van der Waals surface area contributed by atoms with Crippen molar-refractivity contribution in [3.8, 4) is 5.75 Å². The van der Waals surface area contributed by atoms with Crippen LogP contribution in [0.2, 0.25) is 0 Å². The van der Waals surface area contributed by atoms with Gasteiger partial charge in [0.2, 0.25) is 10.0 Å². The van der Waals surface area contributed by atoms with E-state index in [1.54, 1.807) is 42.9 Å². The first-order valence-corrected chi connectivity index (χ1v) is 12.3. The van der Waals surface area contributed by atoms with Crippen LogP contribution < -0.4 is 10.1 Å². The number of nitrogens with one attached hydrogen (secondary N) is 1. The Hall–Kier alpha value is -3.30. The molecule has 0 aliphatic carbocycles. The molecule has 0 spiro atoms. The van der Waals surface area contributed by atoms with Crippen molar-refractivity contribution in [2.75, 3.05) is 11.9 Å². The lowest BCUT2D eigenvalue weighted by atomic mass is 10.1. The van der Waals surface area contributed by atoms with E-state index in [0.29, 0.717) is 18.9 Å². The fourth-order valence-electron chi connectivity index (χ4n) is 3.78. The monoisotopic (exact) mass is 466 g/mol. The van der Waals surface area contributed by atoms with Crippen molar-refractivity contribution in [1.82, 2.24) is 14.3 Å². The normalized spacial score (nSPS) is 16.8. The highest BCUT2D eigenvalue weighted by Crippen LogP contribution is 2.26. The van der Waals surface area contributed by atoms with Crippen LogP contribution in [0.5, 0.6) is 5.75 Å². The SMILES string of the molecule is CC1CCCCN1S(=O)(=O)c1cccc(C(=O)Nc2ncccc2OCc2ccncc2)c1. The minimum absolute atomic E-state index is 0.0603. The highest BCUT2D eigenvalue weighted by atomic mass is 32.2. The molecule has 9 heteroatoms. The summed E-state index contributed by atoms with van der Waals surface area (Å²) in [5, 5.41) is 2.73. The molecule has 1 unspecified atom stereocenters. The first kappa shape index (κ1) is 22.9. The Morgan fingerprint density at radius 2 is 1.94 bits per heavy atom. The summed E-state index contributed by atoms with van der Waals surface area (Å²) in [7, 11) is -3.68. The second kappa shape index (κ2) is 10.1. The molecule has 3 aromatic rings. The van der Waals surface area contributed by atoms with E-state index in [2.05, 4.69) is 15.3 Å². The molecular weight excluding hydrogens is 440 g/mol. The van der Waals surface area contributed by atoms with Crippen molar-refractivity contribution in [2.45, 2.75) is 43.7 Å². The van der Waals surface area contributed by atoms with Crippen molar-refractivity contribution < 1.29 is 17.9 Å². The molecule has 0 bridgehead atoms. The largest absolute Gasteiger partial charge is 0.485 e. The molecule has 4 rings (SSSR count). The molecule has 1 atom stereocenters. The Balaban J connectivity index is 1.51. The zero-order valence-corrected chi connectivity index (χ0v) is 19.2. The van der Waals surface area contributed by atoms with Crippen LogP contribution in [-0.2, 0) is 16.6 Å². The van der Waals surface area contributed by atoms with E-state index in [9.17, 15) is 13.2 Å². The minimum atomic E-state index is -3.68. The summed E-state index contributed by atoms with van der Waals surface area (Å²) in [5.74, 6) is 0.203. The molecule has 2 aromatic heterocycles. The van der Waals surface area contributed by atoms with E-state index in [1.165, 1.54) is 16.4 Å². The van der Waals surface area contributed by atoms with Crippen molar-refractivity contribution in [1.29, 1.82) is 0 Å². The van der Waals surface area contributed by atoms with Crippen LogP contribution in [0.15, 0.2) is 72.0 Å². The molecule has 3 heterocycles. The molecule has 1 saturated heterocycles. The van der Waals surface area contributed by atoms with Gasteiger partial charge in [0.05, 0.1) is 4.90 Å². The molecule has 1 aliphatic rings. The number of benzene rings is 1. The molecule has 172 valence electrons. The second-order valence-corrected chi connectivity index (χ2v) is 9.83. The number of pyridine rings is 2. The molecule has 1 aromatic carbocycles. The highest BCUT2D eigenvalue weighted by Gasteiger charge is 2.31. The Kier molecular flexibility index (Phi) is 7.00. The van der Waals surface area contributed by atoms with E-state index in [1.807, 2.05) is 19.1 Å². The summed E-state index contributed by atoms with van der Waals surface area (Å²) in [6.07, 6.45) is 7.60. The summed E-state index contributed by atoms with van der Waals surface area (Å²) in [6.45, 7) is 2.70. The van der Waals surface area contributed by atoms with Crippen LogP contribution in [0, 0.1) is 0 Å².